The Morgan fingerprint density at radius 3 is 2.50 bits per heavy atom. The zero-order valence-electron chi connectivity index (χ0n) is 10.3. The number of benzene rings is 1. The number of hydrogen-bond donors (Lipinski definition) is 1. The summed E-state index contributed by atoms with van der Waals surface area (Å²) in [5.74, 6) is -0.873. The van der Waals surface area contributed by atoms with E-state index in [0.29, 0.717) is 11.4 Å². The zero-order chi connectivity index (χ0) is 14.3. The van der Waals surface area contributed by atoms with Gasteiger partial charge in [-0.15, -0.1) is 0 Å². The van der Waals surface area contributed by atoms with Crippen LogP contribution in [-0.2, 0) is 7.05 Å². The SMILES string of the molecule is Cn1ncc(-c2nc(-c3cc(F)cc(F)c3)no2)c1N. The highest BCUT2D eigenvalue weighted by atomic mass is 19.1. The number of nitrogen functional groups attached to an aromatic ring is 1. The molecule has 0 aliphatic carbocycles. The lowest BCUT2D eigenvalue weighted by Gasteiger charge is -1.95. The van der Waals surface area contributed by atoms with Crippen LogP contribution in [0.5, 0.6) is 0 Å². The Balaban J connectivity index is 2.04. The fourth-order valence-corrected chi connectivity index (χ4v) is 1.74. The average Bonchev–Trinajstić information content (AvgIpc) is 2.97. The predicted octanol–water partition coefficient (Wildman–Crippen LogP) is 2.00. The van der Waals surface area contributed by atoms with Crippen molar-refractivity contribution in [3.8, 4) is 22.8 Å². The van der Waals surface area contributed by atoms with Crippen LogP contribution in [0.4, 0.5) is 14.6 Å². The first-order valence-corrected chi connectivity index (χ1v) is 5.62. The van der Waals surface area contributed by atoms with Crippen molar-refractivity contribution in [3.05, 3.63) is 36.0 Å². The third kappa shape index (κ3) is 2.00. The van der Waals surface area contributed by atoms with Gasteiger partial charge in [-0.05, 0) is 12.1 Å². The van der Waals surface area contributed by atoms with Crippen molar-refractivity contribution in [2.45, 2.75) is 0 Å². The first-order valence-electron chi connectivity index (χ1n) is 5.62. The van der Waals surface area contributed by atoms with E-state index in [1.165, 1.54) is 10.9 Å². The quantitative estimate of drug-likeness (QED) is 0.774. The standard InChI is InChI=1S/C12H9F2N5O/c1-19-10(15)9(5-16-19)12-17-11(18-20-12)6-2-7(13)4-8(14)3-6/h2-5H,15H2,1H3. The van der Waals surface area contributed by atoms with Crippen molar-refractivity contribution in [2.75, 3.05) is 5.73 Å². The molecule has 0 unspecified atom stereocenters. The second-order valence-electron chi connectivity index (χ2n) is 4.15. The molecule has 2 aromatic heterocycles. The highest BCUT2D eigenvalue weighted by molar-refractivity contribution is 5.68. The molecule has 2 heterocycles. The summed E-state index contributed by atoms with van der Waals surface area (Å²) in [4.78, 5) is 4.06. The van der Waals surface area contributed by atoms with Crippen molar-refractivity contribution in [3.63, 3.8) is 0 Å². The molecule has 3 aromatic rings. The van der Waals surface area contributed by atoms with Gasteiger partial charge in [-0.1, -0.05) is 5.16 Å². The minimum atomic E-state index is -0.716. The molecule has 0 aliphatic heterocycles. The Kier molecular flexibility index (Phi) is 2.70. The van der Waals surface area contributed by atoms with Gasteiger partial charge in [0.2, 0.25) is 5.82 Å². The van der Waals surface area contributed by atoms with Crippen LogP contribution < -0.4 is 5.73 Å². The lowest BCUT2D eigenvalue weighted by molar-refractivity contribution is 0.432. The van der Waals surface area contributed by atoms with E-state index >= 15 is 0 Å². The monoisotopic (exact) mass is 277 g/mol. The first kappa shape index (κ1) is 12.3. The van der Waals surface area contributed by atoms with Crippen molar-refractivity contribution in [1.29, 1.82) is 0 Å². The maximum atomic E-state index is 13.2. The largest absolute Gasteiger partial charge is 0.383 e. The summed E-state index contributed by atoms with van der Waals surface area (Å²) in [6.45, 7) is 0. The molecule has 8 heteroatoms. The summed E-state index contributed by atoms with van der Waals surface area (Å²) in [7, 11) is 1.66. The van der Waals surface area contributed by atoms with E-state index < -0.39 is 11.6 Å². The van der Waals surface area contributed by atoms with Crippen LogP contribution >= 0.6 is 0 Å². The molecular weight excluding hydrogens is 268 g/mol. The van der Waals surface area contributed by atoms with Crippen LogP contribution in [0, 0.1) is 11.6 Å². The van der Waals surface area contributed by atoms with Gasteiger partial charge in [-0.3, -0.25) is 4.68 Å². The van der Waals surface area contributed by atoms with Gasteiger partial charge >= 0.3 is 0 Å². The van der Waals surface area contributed by atoms with E-state index in [2.05, 4.69) is 15.2 Å². The number of rotatable bonds is 2. The predicted molar refractivity (Wildman–Crippen MR) is 66.3 cm³/mol. The van der Waals surface area contributed by atoms with Gasteiger partial charge < -0.3 is 10.3 Å². The van der Waals surface area contributed by atoms with Gasteiger partial charge in [-0.25, -0.2) is 8.78 Å². The topological polar surface area (TPSA) is 82.8 Å². The second kappa shape index (κ2) is 4.41. The Labute approximate surface area is 111 Å². The summed E-state index contributed by atoms with van der Waals surface area (Å²) >= 11 is 0. The molecule has 2 N–H and O–H groups in total. The minimum absolute atomic E-state index is 0.0710. The third-order valence-electron chi connectivity index (χ3n) is 2.76. The summed E-state index contributed by atoms with van der Waals surface area (Å²) in [6, 6.07) is 3.00. The van der Waals surface area contributed by atoms with Gasteiger partial charge in [0.05, 0.1) is 6.20 Å². The maximum absolute atomic E-state index is 13.2. The van der Waals surface area contributed by atoms with Crippen molar-refractivity contribution >= 4 is 5.82 Å². The number of nitrogens with zero attached hydrogens (tertiary/aromatic N) is 4. The molecule has 0 spiro atoms. The fraction of sp³-hybridized carbons (Fsp3) is 0.0833. The summed E-state index contributed by atoms with van der Waals surface area (Å²) < 4.78 is 32.8. The van der Waals surface area contributed by atoms with Gasteiger partial charge in [0, 0.05) is 18.7 Å². The van der Waals surface area contributed by atoms with E-state index in [1.807, 2.05) is 0 Å². The molecule has 3 rings (SSSR count). The zero-order valence-corrected chi connectivity index (χ0v) is 10.3. The summed E-state index contributed by atoms with van der Waals surface area (Å²) in [5.41, 5.74) is 6.43. The van der Waals surface area contributed by atoms with E-state index in [0.717, 1.165) is 18.2 Å². The van der Waals surface area contributed by atoms with E-state index in [9.17, 15) is 8.78 Å². The first-order chi connectivity index (χ1) is 9.54. The van der Waals surface area contributed by atoms with Crippen LogP contribution in [0.25, 0.3) is 22.8 Å². The normalized spacial score (nSPS) is 10.9. The molecule has 0 aliphatic rings. The fourth-order valence-electron chi connectivity index (χ4n) is 1.74. The molecule has 0 atom stereocenters. The highest BCUT2D eigenvalue weighted by Crippen LogP contribution is 2.26. The number of aromatic nitrogens is 4. The van der Waals surface area contributed by atoms with E-state index in [1.54, 1.807) is 7.05 Å². The van der Waals surface area contributed by atoms with Crippen LogP contribution in [0.2, 0.25) is 0 Å². The van der Waals surface area contributed by atoms with E-state index in [-0.39, 0.29) is 17.3 Å². The average molecular weight is 277 g/mol. The number of halogens is 2. The molecule has 0 bridgehead atoms. The van der Waals surface area contributed by atoms with Gasteiger partial charge in [0.25, 0.3) is 5.89 Å². The van der Waals surface area contributed by atoms with E-state index in [4.69, 9.17) is 10.3 Å². The summed E-state index contributed by atoms with van der Waals surface area (Å²) in [5, 5.41) is 7.63. The van der Waals surface area contributed by atoms with Crippen LogP contribution in [0.15, 0.2) is 28.9 Å². The Morgan fingerprint density at radius 2 is 1.90 bits per heavy atom. The molecular formula is C12H9F2N5O. The Morgan fingerprint density at radius 1 is 1.20 bits per heavy atom. The van der Waals surface area contributed by atoms with Gasteiger partial charge in [0.15, 0.2) is 0 Å². The smallest absolute Gasteiger partial charge is 0.263 e. The number of nitrogens with two attached hydrogens (primary N) is 1. The Hall–Kier alpha value is -2.77. The highest BCUT2D eigenvalue weighted by Gasteiger charge is 2.16. The van der Waals surface area contributed by atoms with Crippen molar-refractivity contribution in [2.24, 2.45) is 7.05 Å². The third-order valence-corrected chi connectivity index (χ3v) is 2.76. The van der Waals surface area contributed by atoms with Crippen LogP contribution in [0.3, 0.4) is 0 Å². The molecule has 0 fully saturated rings. The molecule has 20 heavy (non-hydrogen) atoms. The minimum Gasteiger partial charge on any atom is -0.383 e. The lowest BCUT2D eigenvalue weighted by Crippen LogP contribution is -1.98. The lowest BCUT2D eigenvalue weighted by atomic mass is 10.2. The summed E-state index contributed by atoms with van der Waals surface area (Å²) in [6.07, 6.45) is 1.47. The number of aryl methyl sites for hydroxylation is 1. The molecule has 0 radical (unpaired) electrons. The molecule has 6 nitrogen and oxygen atoms in total. The second-order valence-corrected chi connectivity index (χ2v) is 4.15. The molecule has 0 amide bonds. The van der Waals surface area contributed by atoms with Crippen molar-refractivity contribution in [1.82, 2.24) is 19.9 Å². The number of anilines is 1. The Bertz CT molecular complexity index is 760. The van der Waals surface area contributed by atoms with Gasteiger partial charge in [0.1, 0.15) is 23.0 Å². The van der Waals surface area contributed by atoms with Gasteiger partial charge in [-0.2, -0.15) is 10.1 Å². The molecule has 0 saturated carbocycles. The maximum Gasteiger partial charge on any atom is 0.263 e. The van der Waals surface area contributed by atoms with Crippen molar-refractivity contribution < 1.29 is 13.3 Å². The molecule has 102 valence electrons. The number of hydrogen-bond acceptors (Lipinski definition) is 5. The molecule has 0 saturated heterocycles. The molecule has 1 aromatic carbocycles. The van der Waals surface area contributed by atoms with Crippen LogP contribution in [0.1, 0.15) is 0 Å². The van der Waals surface area contributed by atoms with Crippen LogP contribution in [-0.4, -0.2) is 19.9 Å².